The number of hydrogen-bond donors (Lipinski definition) is 0. The third-order valence-electron chi connectivity index (χ3n) is 4.85. The van der Waals surface area contributed by atoms with Crippen molar-refractivity contribution in [3.05, 3.63) is 41.1 Å². The normalized spacial score (nSPS) is 23.0. The molecular formula is C20H23NO4. The van der Waals surface area contributed by atoms with E-state index in [1.54, 1.807) is 14.0 Å². The van der Waals surface area contributed by atoms with Crippen molar-refractivity contribution < 1.29 is 19.1 Å². The number of esters is 1. The second kappa shape index (κ2) is 7.21. The maximum Gasteiger partial charge on any atom is 0.315 e. The van der Waals surface area contributed by atoms with Gasteiger partial charge in [0, 0.05) is 29.3 Å². The highest BCUT2D eigenvalue weighted by atomic mass is 16.5. The van der Waals surface area contributed by atoms with Gasteiger partial charge >= 0.3 is 5.97 Å². The molecule has 0 fully saturated rings. The Hall–Kier alpha value is -2.43. The van der Waals surface area contributed by atoms with Crippen LogP contribution in [0.5, 0.6) is 5.75 Å². The quantitative estimate of drug-likeness (QED) is 0.787. The molecule has 2 aliphatic rings. The van der Waals surface area contributed by atoms with Crippen LogP contribution in [0.4, 0.5) is 0 Å². The van der Waals surface area contributed by atoms with E-state index in [9.17, 15) is 9.59 Å². The van der Waals surface area contributed by atoms with E-state index in [2.05, 4.69) is 4.99 Å². The lowest BCUT2D eigenvalue weighted by Crippen LogP contribution is -2.37. The molecule has 0 saturated carbocycles. The zero-order valence-electron chi connectivity index (χ0n) is 14.9. The van der Waals surface area contributed by atoms with E-state index in [-0.39, 0.29) is 17.7 Å². The van der Waals surface area contributed by atoms with Gasteiger partial charge in [0.1, 0.15) is 11.7 Å². The fourth-order valence-electron chi connectivity index (χ4n) is 3.72. The number of ether oxygens (including phenoxy) is 2. The van der Waals surface area contributed by atoms with Crippen LogP contribution >= 0.6 is 0 Å². The molecule has 0 spiro atoms. The number of aliphatic imine (C=N–C) groups is 1. The molecule has 0 aromatic heterocycles. The van der Waals surface area contributed by atoms with Crippen LogP contribution < -0.4 is 4.74 Å². The largest absolute Gasteiger partial charge is 0.497 e. The average molecular weight is 341 g/mol. The molecule has 0 N–H and O–H groups in total. The van der Waals surface area contributed by atoms with Gasteiger partial charge in [-0.25, -0.2) is 0 Å². The van der Waals surface area contributed by atoms with Gasteiger partial charge in [0.25, 0.3) is 0 Å². The summed E-state index contributed by atoms with van der Waals surface area (Å²) in [5.74, 6) is -0.400. The molecule has 0 radical (unpaired) electrons. The van der Waals surface area contributed by atoms with Crippen LogP contribution in [-0.4, -0.2) is 31.2 Å². The number of ketones is 1. The van der Waals surface area contributed by atoms with Crippen LogP contribution in [0, 0.1) is 5.92 Å². The molecule has 132 valence electrons. The fourth-order valence-corrected chi connectivity index (χ4v) is 3.72. The lowest BCUT2D eigenvalue weighted by molar-refractivity contribution is -0.146. The summed E-state index contributed by atoms with van der Waals surface area (Å²) >= 11 is 0. The number of carbonyl (C=O) groups is 2. The summed E-state index contributed by atoms with van der Waals surface area (Å²) in [6, 6.07) is 7.54. The van der Waals surface area contributed by atoms with E-state index in [1.807, 2.05) is 31.2 Å². The van der Waals surface area contributed by atoms with Gasteiger partial charge in [-0.05, 0) is 44.4 Å². The molecule has 1 aromatic carbocycles. The Labute approximate surface area is 147 Å². The summed E-state index contributed by atoms with van der Waals surface area (Å²) in [7, 11) is 1.61. The van der Waals surface area contributed by atoms with Crippen molar-refractivity contribution >= 4 is 17.5 Å². The molecule has 0 bridgehead atoms. The van der Waals surface area contributed by atoms with Gasteiger partial charge in [0.15, 0.2) is 5.78 Å². The van der Waals surface area contributed by atoms with Crippen LogP contribution in [0.1, 0.15) is 44.6 Å². The van der Waals surface area contributed by atoms with E-state index in [0.717, 1.165) is 29.9 Å². The molecule has 5 nitrogen and oxygen atoms in total. The Kier molecular flexibility index (Phi) is 5.02. The molecule has 25 heavy (non-hydrogen) atoms. The van der Waals surface area contributed by atoms with Crippen molar-refractivity contribution in [3.63, 3.8) is 0 Å². The van der Waals surface area contributed by atoms with Gasteiger partial charge < -0.3 is 9.47 Å². The van der Waals surface area contributed by atoms with Crippen molar-refractivity contribution in [2.24, 2.45) is 10.9 Å². The number of benzene rings is 1. The van der Waals surface area contributed by atoms with Crippen LogP contribution in [0.15, 0.2) is 40.5 Å². The van der Waals surface area contributed by atoms with Crippen molar-refractivity contribution in [1.29, 1.82) is 0 Å². The van der Waals surface area contributed by atoms with Crippen molar-refractivity contribution in [3.8, 4) is 5.75 Å². The molecule has 1 aromatic rings. The monoisotopic (exact) mass is 341 g/mol. The molecule has 3 rings (SSSR count). The first kappa shape index (κ1) is 17.4. The smallest absolute Gasteiger partial charge is 0.315 e. The van der Waals surface area contributed by atoms with Gasteiger partial charge in [0.05, 0.1) is 13.7 Å². The summed E-state index contributed by atoms with van der Waals surface area (Å²) in [5.41, 5.74) is 3.14. The Morgan fingerprint density at radius 3 is 2.60 bits per heavy atom. The SMILES string of the molecule is CCOC(=O)C1C(C)=NC2=C(C(=O)CCC2)[C@@H]1c1ccc(OC)cc1. The van der Waals surface area contributed by atoms with Gasteiger partial charge in [0.2, 0.25) is 0 Å². The zero-order valence-corrected chi connectivity index (χ0v) is 14.9. The highest BCUT2D eigenvalue weighted by molar-refractivity contribution is 6.08. The van der Waals surface area contributed by atoms with E-state index in [1.165, 1.54) is 0 Å². The fraction of sp³-hybridized carbons (Fsp3) is 0.450. The molecular weight excluding hydrogens is 318 g/mol. The topological polar surface area (TPSA) is 65.0 Å². The highest BCUT2D eigenvalue weighted by Crippen LogP contribution is 2.43. The van der Waals surface area contributed by atoms with Crippen molar-refractivity contribution in [2.75, 3.05) is 13.7 Å². The maximum absolute atomic E-state index is 12.7. The molecule has 0 amide bonds. The molecule has 1 aliphatic heterocycles. The first-order chi connectivity index (χ1) is 12.1. The summed E-state index contributed by atoms with van der Waals surface area (Å²) in [6.07, 6.45) is 2.10. The standard InChI is InChI=1S/C20H23NO4/c1-4-25-20(23)17-12(2)21-15-6-5-7-16(22)19(15)18(17)13-8-10-14(24-3)11-9-13/h8-11,17-18H,4-7H2,1-3H3/t17?,18-/m1/s1. The van der Waals surface area contributed by atoms with E-state index in [0.29, 0.717) is 24.3 Å². The van der Waals surface area contributed by atoms with Crippen molar-refractivity contribution in [2.45, 2.75) is 39.0 Å². The molecule has 5 heteroatoms. The third-order valence-corrected chi connectivity index (χ3v) is 4.85. The second-order valence-electron chi connectivity index (χ2n) is 6.37. The molecule has 1 unspecified atom stereocenters. The Bertz CT molecular complexity index is 745. The van der Waals surface area contributed by atoms with Crippen LogP contribution in [-0.2, 0) is 14.3 Å². The summed E-state index contributed by atoms with van der Waals surface area (Å²) in [5, 5.41) is 0. The lowest BCUT2D eigenvalue weighted by Gasteiger charge is -2.34. The average Bonchev–Trinajstić information content (AvgIpc) is 2.61. The van der Waals surface area contributed by atoms with Crippen LogP contribution in [0.25, 0.3) is 0 Å². The molecule has 2 atom stereocenters. The predicted octanol–water partition coefficient (Wildman–Crippen LogP) is 3.44. The number of carbonyl (C=O) groups excluding carboxylic acids is 2. The number of nitrogens with zero attached hydrogens (tertiary/aromatic N) is 1. The summed E-state index contributed by atoms with van der Waals surface area (Å²) in [4.78, 5) is 29.9. The number of methoxy groups -OCH3 is 1. The highest BCUT2D eigenvalue weighted by Gasteiger charge is 2.42. The third kappa shape index (κ3) is 3.23. The zero-order chi connectivity index (χ0) is 18.0. The minimum absolute atomic E-state index is 0.0904. The van der Waals surface area contributed by atoms with Crippen LogP contribution in [0.3, 0.4) is 0 Å². The minimum Gasteiger partial charge on any atom is -0.497 e. The molecule has 1 aliphatic carbocycles. The summed E-state index contributed by atoms with van der Waals surface area (Å²) < 4.78 is 10.5. The number of hydrogen-bond acceptors (Lipinski definition) is 5. The van der Waals surface area contributed by atoms with Gasteiger partial charge in [-0.15, -0.1) is 0 Å². The number of rotatable bonds is 4. The van der Waals surface area contributed by atoms with Gasteiger partial charge in [-0.3, -0.25) is 14.6 Å². The number of Topliss-reactive ketones (excluding diaryl/α,β-unsaturated/α-hetero) is 1. The maximum atomic E-state index is 12.7. The Balaban J connectivity index is 2.11. The molecule has 1 heterocycles. The lowest BCUT2D eigenvalue weighted by atomic mass is 9.72. The Morgan fingerprint density at radius 2 is 1.96 bits per heavy atom. The van der Waals surface area contributed by atoms with Crippen molar-refractivity contribution in [1.82, 2.24) is 0 Å². The first-order valence-electron chi connectivity index (χ1n) is 8.68. The minimum atomic E-state index is -0.561. The number of allylic oxidation sites excluding steroid dienone is 2. The van der Waals surface area contributed by atoms with Crippen LogP contribution in [0.2, 0.25) is 0 Å². The van der Waals surface area contributed by atoms with E-state index in [4.69, 9.17) is 9.47 Å². The second-order valence-corrected chi connectivity index (χ2v) is 6.37. The first-order valence-corrected chi connectivity index (χ1v) is 8.68. The molecule has 0 saturated heterocycles. The van der Waals surface area contributed by atoms with Gasteiger partial charge in [-0.2, -0.15) is 0 Å². The predicted molar refractivity (Wildman–Crippen MR) is 94.9 cm³/mol. The summed E-state index contributed by atoms with van der Waals surface area (Å²) in [6.45, 7) is 3.94. The Morgan fingerprint density at radius 1 is 1.24 bits per heavy atom. The van der Waals surface area contributed by atoms with E-state index < -0.39 is 5.92 Å². The van der Waals surface area contributed by atoms with Gasteiger partial charge in [-0.1, -0.05) is 12.1 Å². The van der Waals surface area contributed by atoms with E-state index >= 15 is 0 Å².